The van der Waals surface area contributed by atoms with Gasteiger partial charge in [-0.1, -0.05) is 0 Å². The number of hydrogen-bond acceptors (Lipinski definition) is 3. The van der Waals surface area contributed by atoms with Crippen LogP contribution in [0.5, 0.6) is 11.5 Å². The first-order valence-electron chi connectivity index (χ1n) is 3.64. The fraction of sp³-hybridized carbons (Fsp3) is 0.222. The SMILES string of the molecule is COc1c(F)ccc(O)c1C(C)=O. The highest BCUT2D eigenvalue weighted by molar-refractivity contribution is 5.99. The van der Waals surface area contributed by atoms with Gasteiger partial charge in [-0.2, -0.15) is 0 Å². The van der Waals surface area contributed by atoms with E-state index in [0.717, 1.165) is 12.1 Å². The summed E-state index contributed by atoms with van der Waals surface area (Å²) in [6, 6.07) is 2.16. The van der Waals surface area contributed by atoms with E-state index in [4.69, 9.17) is 0 Å². The Morgan fingerprint density at radius 2 is 2.15 bits per heavy atom. The molecule has 1 rings (SSSR count). The Morgan fingerprint density at radius 1 is 1.54 bits per heavy atom. The predicted octanol–water partition coefficient (Wildman–Crippen LogP) is 1.74. The molecule has 0 unspecified atom stereocenters. The molecule has 0 saturated carbocycles. The number of hydrogen-bond donors (Lipinski definition) is 1. The van der Waals surface area contributed by atoms with Crippen molar-refractivity contribution in [3.8, 4) is 11.5 Å². The molecule has 3 nitrogen and oxygen atoms in total. The Balaban J connectivity index is 3.43. The Hall–Kier alpha value is -1.58. The van der Waals surface area contributed by atoms with Crippen molar-refractivity contribution in [1.29, 1.82) is 0 Å². The molecule has 0 spiro atoms. The second-order valence-electron chi connectivity index (χ2n) is 2.53. The second-order valence-corrected chi connectivity index (χ2v) is 2.53. The Labute approximate surface area is 74.8 Å². The molecule has 70 valence electrons. The van der Waals surface area contributed by atoms with Crippen molar-refractivity contribution < 1.29 is 19.0 Å². The van der Waals surface area contributed by atoms with E-state index >= 15 is 0 Å². The largest absolute Gasteiger partial charge is 0.507 e. The van der Waals surface area contributed by atoms with Crippen molar-refractivity contribution in [2.75, 3.05) is 7.11 Å². The van der Waals surface area contributed by atoms with Crippen LogP contribution in [0.15, 0.2) is 12.1 Å². The number of carbonyl (C=O) groups is 1. The van der Waals surface area contributed by atoms with Crippen LogP contribution in [0.2, 0.25) is 0 Å². The number of phenols is 1. The third-order valence-corrected chi connectivity index (χ3v) is 1.64. The first-order valence-corrected chi connectivity index (χ1v) is 3.64. The van der Waals surface area contributed by atoms with E-state index in [-0.39, 0.29) is 17.1 Å². The lowest BCUT2D eigenvalue weighted by molar-refractivity contribution is 0.101. The summed E-state index contributed by atoms with van der Waals surface area (Å²) >= 11 is 0. The number of phenolic OH excluding ortho intramolecular Hbond substituents is 1. The monoisotopic (exact) mass is 184 g/mol. The minimum Gasteiger partial charge on any atom is -0.507 e. The van der Waals surface area contributed by atoms with E-state index in [1.807, 2.05) is 0 Å². The lowest BCUT2D eigenvalue weighted by atomic mass is 10.1. The molecule has 0 amide bonds. The topological polar surface area (TPSA) is 46.5 Å². The van der Waals surface area contributed by atoms with Crippen molar-refractivity contribution in [3.63, 3.8) is 0 Å². The van der Waals surface area contributed by atoms with Gasteiger partial charge in [-0.15, -0.1) is 0 Å². The van der Waals surface area contributed by atoms with E-state index in [2.05, 4.69) is 4.74 Å². The maximum Gasteiger partial charge on any atom is 0.169 e. The zero-order valence-electron chi connectivity index (χ0n) is 7.30. The smallest absolute Gasteiger partial charge is 0.169 e. The third-order valence-electron chi connectivity index (χ3n) is 1.64. The zero-order valence-corrected chi connectivity index (χ0v) is 7.30. The Morgan fingerprint density at radius 3 is 2.54 bits per heavy atom. The molecular formula is C9H9FO3. The van der Waals surface area contributed by atoms with Crippen LogP contribution >= 0.6 is 0 Å². The van der Waals surface area contributed by atoms with Gasteiger partial charge in [0.25, 0.3) is 0 Å². The van der Waals surface area contributed by atoms with E-state index in [1.54, 1.807) is 0 Å². The Kier molecular flexibility index (Phi) is 2.51. The number of Topliss-reactive ketones (excluding diaryl/α,β-unsaturated/α-hetero) is 1. The van der Waals surface area contributed by atoms with Crippen LogP contribution < -0.4 is 4.74 Å². The van der Waals surface area contributed by atoms with Crippen molar-refractivity contribution >= 4 is 5.78 Å². The van der Waals surface area contributed by atoms with Crippen molar-refractivity contribution in [2.24, 2.45) is 0 Å². The number of rotatable bonds is 2. The fourth-order valence-corrected chi connectivity index (χ4v) is 1.09. The summed E-state index contributed by atoms with van der Waals surface area (Å²) in [5.41, 5.74) is -0.123. The normalized spacial score (nSPS) is 9.77. The van der Waals surface area contributed by atoms with Gasteiger partial charge in [-0.3, -0.25) is 4.79 Å². The van der Waals surface area contributed by atoms with Crippen LogP contribution in [0.3, 0.4) is 0 Å². The average molecular weight is 184 g/mol. The van der Waals surface area contributed by atoms with Crippen molar-refractivity contribution in [2.45, 2.75) is 6.92 Å². The average Bonchev–Trinajstić information content (AvgIpc) is 2.07. The van der Waals surface area contributed by atoms with Gasteiger partial charge in [0, 0.05) is 0 Å². The maximum absolute atomic E-state index is 13.0. The van der Waals surface area contributed by atoms with E-state index in [9.17, 15) is 14.3 Å². The number of carbonyl (C=O) groups excluding carboxylic acids is 1. The summed E-state index contributed by atoms with van der Waals surface area (Å²) in [4.78, 5) is 11.0. The molecule has 1 aromatic rings. The Bertz CT molecular complexity index is 347. The molecule has 0 fully saturated rings. The highest BCUT2D eigenvalue weighted by Crippen LogP contribution is 2.30. The number of halogens is 1. The molecule has 0 aromatic heterocycles. The van der Waals surface area contributed by atoms with Gasteiger partial charge in [-0.05, 0) is 19.1 Å². The summed E-state index contributed by atoms with van der Waals surface area (Å²) < 4.78 is 17.7. The highest BCUT2D eigenvalue weighted by atomic mass is 19.1. The molecule has 1 N–H and O–H groups in total. The third kappa shape index (κ3) is 1.61. The number of methoxy groups -OCH3 is 1. The van der Waals surface area contributed by atoms with Crippen LogP contribution in [0.1, 0.15) is 17.3 Å². The molecule has 13 heavy (non-hydrogen) atoms. The molecule has 0 aliphatic rings. The van der Waals surface area contributed by atoms with E-state index < -0.39 is 11.6 Å². The molecule has 0 atom stereocenters. The first-order chi connectivity index (χ1) is 6.07. The molecule has 0 radical (unpaired) electrons. The molecule has 1 aromatic carbocycles. The summed E-state index contributed by atoms with van der Waals surface area (Å²) in [6.45, 7) is 1.23. The van der Waals surface area contributed by atoms with Gasteiger partial charge in [0.2, 0.25) is 0 Å². The summed E-state index contributed by atoms with van der Waals surface area (Å²) in [5.74, 6) is -1.59. The van der Waals surface area contributed by atoms with E-state index in [1.165, 1.54) is 14.0 Å². The fourth-order valence-electron chi connectivity index (χ4n) is 1.09. The van der Waals surface area contributed by atoms with Crippen LogP contribution in [0, 0.1) is 5.82 Å². The van der Waals surface area contributed by atoms with Gasteiger partial charge < -0.3 is 9.84 Å². The van der Waals surface area contributed by atoms with Crippen LogP contribution in [-0.4, -0.2) is 18.0 Å². The van der Waals surface area contributed by atoms with Gasteiger partial charge in [0.15, 0.2) is 17.3 Å². The molecule has 0 aliphatic carbocycles. The van der Waals surface area contributed by atoms with Crippen LogP contribution in [0.25, 0.3) is 0 Å². The van der Waals surface area contributed by atoms with Crippen molar-refractivity contribution in [3.05, 3.63) is 23.5 Å². The molecular weight excluding hydrogens is 175 g/mol. The lowest BCUT2D eigenvalue weighted by Crippen LogP contribution is -2.00. The molecule has 4 heteroatoms. The number of benzene rings is 1. The predicted molar refractivity (Wildman–Crippen MR) is 44.6 cm³/mol. The summed E-state index contributed by atoms with van der Waals surface area (Å²) in [6.07, 6.45) is 0. The molecule has 0 aliphatic heterocycles. The molecule has 0 heterocycles. The van der Waals surface area contributed by atoms with E-state index in [0.29, 0.717) is 0 Å². The van der Waals surface area contributed by atoms with Gasteiger partial charge >= 0.3 is 0 Å². The highest BCUT2D eigenvalue weighted by Gasteiger charge is 2.17. The summed E-state index contributed by atoms with van der Waals surface area (Å²) in [5, 5.41) is 9.25. The number of ether oxygens (including phenoxy) is 1. The minimum absolute atomic E-state index is 0.123. The standard InChI is InChI=1S/C9H9FO3/c1-5(11)8-7(12)4-3-6(10)9(8)13-2/h3-4,12H,1-2H3. The van der Waals surface area contributed by atoms with Gasteiger partial charge in [0.1, 0.15) is 11.3 Å². The molecule has 0 saturated heterocycles. The van der Waals surface area contributed by atoms with Crippen LogP contribution in [0.4, 0.5) is 4.39 Å². The maximum atomic E-state index is 13.0. The van der Waals surface area contributed by atoms with Gasteiger partial charge in [0.05, 0.1) is 7.11 Å². The first kappa shape index (κ1) is 9.51. The molecule has 0 bridgehead atoms. The van der Waals surface area contributed by atoms with Gasteiger partial charge in [-0.25, -0.2) is 4.39 Å². The quantitative estimate of drug-likeness (QED) is 0.712. The summed E-state index contributed by atoms with van der Waals surface area (Å²) in [7, 11) is 1.24. The van der Waals surface area contributed by atoms with Crippen molar-refractivity contribution in [1.82, 2.24) is 0 Å². The number of aromatic hydroxyl groups is 1. The lowest BCUT2D eigenvalue weighted by Gasteiger charge is -2.07. The second kappa shape index (κ2) is 3.43. The van der Waals surface area contributed by atoms with Crippen LogP contribution in [-0.2, 0) is 0 Å². The number of ketones is 1. The minimum atomic E-state index is -0.662. The zero-order chi connectivity index (χ0) is 10.0.